The van der Waals surface area contributed by atoms with Crippen LogP contribution in [0.15, 0.2) is 30.0 Å². The zero-order valence-electron chi connectivity index (χ0n) is 13.6. The van der Waals surface area contributed by atoms with Crippen molar-refractivity contribution in [3.05, 3.63) is 40.5 Å². The lowest BCUT2D eigenvalue weighted by Gasteiger charge is -2.21. The summed E-state index contributed by atoms with van der Waals surface area (Å²) in [5.74, 6) is -0.395. The molecular formula is C17H23N3O2S. The summed E-state index contributed by atoms with van der Waals surface area (Å²) in [6.07, 6.45) is 6.45. The number of hydrogen-bond acceptors (Lipinski definition) is 5. The molecule has 1 atom stereocenters. The summed E-state index contributed by atoms with van der Waals surface area (Å²) >= 11 is 1.60. The van der Waals surface area contributed by atoms with Crippen molar-refractivity contribution in [3.8, 4) is 0 Å². The van der Waals surface area contributed by atoms with E-state index < -0.39 is 11.9 Å². The Bertz CT molecular complexity index is 616. The molecule has 0 saturated heterocycles. The van der Waals surface area contributed by atoms with E-state index in [4.69, 9.17) is 0 Å². The number of rotatable bonds is 9. The molecule has 5 nitrogen and oxygen atoms in total. The lowest BCUT2D eigenvalue weighted by molar-refractivity contribution is -0.141. The second kappa shape index (κ2) is 8.62. The van der Waals surface area contributed by atoms with E-state index in [1.807, 2.05) is 24.6 Å². The van der Waals surface area contributed by atoms with E-state index in [2.05, 4.69) is 21.8 Å². The number of carboxylic acids is 1. The molecule has 0 fully saturated rings. The molecule has 0 saturated carbocycles. The fraction of sp³-hybridized carbons (Fsp3) is 0.471. The zero-order valence-corrected chi connectivity index (χ0v) is 14.4. The number of aliphatic carboxylic acids is 1. The Labute approximate surface area is 141 Å². The molecule has 1 N–H and O–H groups in total. The highest BCUT2D eigenvalue weighted by atomic mass is 32.1. The quantitative estimate of drug-likeness (QED) is 0.763. The van der Waals surface area contributed by atoms with Crippen LogP contribution < -0.4 is 4.90 Å². The van der Waals surface area contributed by atoms with Crippen LogP contribution in [0, 0.1) is 5.92 Å². The fourth-order valence-corrected chi connectivity index (χ4v) is 3.31. The summed E-state index contributed by atoms with van der Waals surface area (Å²) in [7, 11) is 2.00. The van der Waals surface area contributed by atoms with Gasteiger partial charge in [0.25, 0.3) is 0 Å². The summed E-state index contributed by atoms with van der Waals surface area (Å²) in [5, 5.41) is 11.5. The molecule has 2 heterocycles. The predicted molar refractivity (Wildman–Crippen MR) is 93.1 cm³/mol. The van der Waals surface area contributed by atoms with Gasteiger partial charge in [0.05, 0.1) is 5.92 Å². The molecule has 0 aliphatic heterocycles. The number of hydrogen-bond donors (Lipinski definition) is 1. The third kappa shape index (κ3) is 5.03. The zero-order chi connectivity index (χ0) is 16.7. The Morgan fingerprint density at radius 2 is 2.26 bits per heavy atom. The number of carbonyl (C=O) groups is 1. The molecule has 1 unspecified atom stereocenters. The maximum Gasteiger partial charge on any atom is 0.307 e. The highest BCUT2D eigenvalue weighted by Gasteiger charge is 2.22. The van der Waals surface area contributed by atoms with Gasteiger partial charge in [-0.1, -0.05) is 19.4 Å². The van der Waals surface area contributed by atoms with E-state index >= 15 is 0 Å². The molecule has 0 bridgehead atoms. The minimum absolute atomic E-state index is 0.444. The monoisotopic (exact) mass is 333 g/mol. The van der Waals surface area contributed by atoms with Gasteiger partial charge < -0.3 is 10.0 Å². The molecule has 2 rings (SSSR count). The van der Waals surface area contributed by atoms with Crippen LogP contribution in [0.2, 0.25) is 0 Å². The van der Waals surface area contributed by atoms with Gasteiger partial charge in [0.2, 0.25) is 0 Å². The average molecular weight is 333 g/mol. The number of carboxylic acid groups (broad SMARTS) is 1. The highest BCUT2D eigenvalue weighted by Crippen LogP contribution is 2.23. The molecule has 0 spiro atoms. The van der Waals surface area contributed by atoms with E-state index in [0.29, 0.717) is 12.8 Å². The molecule has 0 radical (unpaired) electrons. The first-order chi connectivity index (χ1) is 11.1. The van der Waals surface area contributed by atoms with Gasteiger partial charge in [-0.25, -0.2) is 9.97 Å². The molecule has 124 valence electrons. The lowest BCUT2D eigenvalue weighted by Crippen LogP contribution is -2.24. The molecule has 0 amide bonds. The van der Waals surface area contributed by atoms with Gasteiger partial charge in [-0.3, -0.25) is 4.79 Å². The van der Waals surface area contributed by atoms with Crippen LogP contribution in [0.5, 0.6) is 0 Å². The van der Waals surface area contributed by atoms with Crippen LogP contribution in [0.25, 0.3) is 0 Å². The van der Waals surface area contributed by atoms with E-state index in [1.165, 1.54) is 6.33 Å². The summed E-state index contributed by atoms with van der Waals surface area (Å²) < 4.78 is 0. The first-order valence-electron chi connectivity index (χ1n) is 7.87. The van der Waals surface area contributed by atoms with Gasteiger partial charge in [-0.2, -0.15) is 0 Å². The van der Waals surface area contributed by atoms with Gasteiger partial charge >= 0.3 is 5.97 Å². The molecule has 0 aliphatic carbocycles. The fourth-order valence-electron chi connectivity index (χ4n) is 2.52. The molecule has 6 heteroatoms. The third-order valence-corrected chi connectivity index (χ3v) is 4.71. The largest absolute Gasteiger partial charge is 0.481 e. The van der Waals surface area contributed by atoms with E-state index in [1.54, 1.807) is 17.5 Å². The Morgan fingerprint density at radius 3 is 2.91 bits per heavy atom. The standard InChI is InChI=1S/C17H23N3O2S/c1-3-4-7-20(2)16-14(11-18-12-19-16)9-13(17(21)22)10-15-6-5-8-23-15/h5-6,8,11-13H,3-4,7,9-10H2,1-2H3,(H,21,22). The Morgan fingerprint density at radius 1 is 1.43 bits per heavy atom. The maximum absolute atomic E-state index is 11.6. The van der Waals surface area contributed by atoms with Crippen molar-refractivity contribution in [2.75, 3.05) is 18.5 Å². The molecule has 23 heavy (non-hydrogen) atoms. The summed E-state index contributed by atoms with van der Waals surface area (Å²) in [6.45, 7) is 3.05. The van der Waals surface area contributed by atoms with Gasteiger partial charge in [-0.15, -0.1) is 11.3 Å². The van der Waals surface area contributed by atoms with Crippen LogP contribution in [0.1, 0.15) is 30.2 Å². The van der Waals surface area contributed by atoms with Crippen LogP contribution in [0.4, 0.5) is 5.82 Å². The van der Waals surface area contributed by atoms with Gasteiger partial charge in [0.15, 0.2) is 0 Å². The van der Waals surface area contributed by atoms with Crippen molar-refractivity contribution in [2.45, 2.75) is 32.6 Å². The smallest absolute Gasteiger partial charge is 0.307 e. The SMILES string of the molecule is CCCCN(C)c1ncncc1CC(Cc1cccs1)C(=O)O. The molecule has 0 aromatic carbocycles. The van der Waals surface area contributed by atoms with Crippen molar-refractivity contribution >= 4 is 23.1 Å². The lowest BCUT2D eigenvalue weighted by atomic mass is 9.96. The summed E-state index contributed by atoms with van der Waals surface area (Å²) in [4.78, 5) is 23.3. The van der Waals surface area contributed by atoms with Crippen LogP contribution in [-0.2, 0) is 17.6 Å². The van der Waals surface area contributed by atoms with Crippen molar-refractivity contribution < 1.29 is 9.90 Å². The normalized spacial score (nSPS) is 12.1. The Kier molecular flexibility index (Phi) is 6.52. The number of unbranched alkanes of at least 4 members (excludes halogenated alkanes) is 1. The predicted octanol–water partition coefficient (Wildman–Crippen LogP) is 3.26. The first kappa shape index (κ1) is 17.4. The molecule has 0 aliphatic rings. The number of aromatic nitrogens is 2. The first-order valence-corrected chi connectivity index (χ1v) is 8.75. The highest BCUT2D eigenvalue weighted by molar-refractivity contribution is 7.09. The van der Waals surface area contributed by atoms with E-state index in [0.717, 1.165) is 35.6 Å². The van der Waals surface area contributed by atoms with Gasteiger partial charge in [0.1, 0.15) is 12.1 Å². The second-order valence-electron chi connectivity index (χ2n) is 5.67. The minimum atomic E-state index is -0.774. The van der Waals surface area contributed by atoms with Crippen LogP contribution in [-0.4, -0.2) is 34.6 Å². The minimum Gasteiger partial charge on any atom is -0.481 e. The van der Waals surface area contributed by atoms with E-state index in [-0.39, 0.29) is 0 Å². The molecule has 2 aromatic rings. The van der Waals surface area contributed by atoms with Crippen molar-refractivity contribution in [2.24, 2.45) is 5.92 Å². The third-order valence-electron chi connectivity index (χ3n) is 3.82. The van der Waals surface area contributed by atoms with Crippen molar-refractivity contribution in [1.82, 2.24) is 9.97 Å². The Hall–Kier alpha value is -1.95. The van der Waals surface area contributed by atoms with Gasteiger partial charge in [0, 0.05) is 30.2 Å². The van der Waals surface area contributed by atoms with Crippen molar-refractivity contribution in [3.63, 3.8) is 0 Å². The van der Waals surface area contributed by atoms with E-state index in [9.17, 15) is 9.90 Å². The van der Waals surface area contributed by atoms with Crippen LogP contribution >= 0.6 is 11.3 Å². The molecule has 2 aromatic heterocycles. The number of anilines is 1. The maximum atomic E-state index is 11.6. The second-order valence-corrected chi connectivity index (χ2v) is 6.70. The summed E-state index contributed by atoms with van der Waals surface area (Å²) in [5.41, 5.74) is 0.898. The van der Waals surface area contributed by atoms with Gasteiger partial charge in [-0.05, 0) is 30.7 Å². The Balaban J connectivity index is 2.14. The topological polar surface area (TPSA) is 66.3 Å². The number of nitrogens with zero attached hydrogens (tertiary/aromatic N) is 3. The van der Waals surface area contributed by atoms with Crippen LogP contribution in [0.3, 0.4) is 0 Å². The number of thiophene rings is 1. The van der Waals surface area contributed by atoms with Crippen molar-refractivity contribution in [1.29, 1.82) is 0 Å². The summed E-state index contributed by atoms with van der Waals surface area (Å²) in [6, 6.07) is 3.94. The average Bonchev–Trinajstić information content (AvgIpc) is 3.05. The molecular weight excluding hydrogens is 310 g/mol.